The van der Waals surface area contributed by atoms with Crippen molar-refractivity contribution in [2.24, 2.45) is 0 Å². The first kappa shape index (κ1) is 15.3. The van der Waals surface area contributed by atoms with Crippen molar-refractivity contribution in [3.63, 3.8) is 0 Å². The maximum Gasteiger partial charge on any atom is 0.305 e. The zero-order valence-corrected chi connectivity index (χ0v) is 13.3. The minimum absolute atomic E-state index is 0.154. The summed E-state index contributed by atoms with van der Waals surface area (Å²) in [5.74, 6) is -0.154. The summed E-state index contributed by atoms with van der Waals surface area (Å²) >= 11 is 8.15. The van der Waals surface area contributed by atoms with E-state index < -0.39 is 0 Å². The topological polar surface area (TPSA) is 29.5 Å². The maximum atomic E-state index is 11.1. The van der Waals surface area contributed by atoms with E-state index in [1.807, 2.05) is 19.2 Å². The summed E-state index contributed by atoms with van der Waals surface area (Å²) in [4.78, 5) is 14.4. The van der Waals surface area contributed by atoms with Crippen molar-refractivity contribution in [3.05, 3.63) is 34.2 Å². The van der Waals surface area contributed by atoms with E-state index in [4.69, 9.17) is 11.6 Å². The van der Waals surface area contributed by atoms with Gasteiger partial charge in [-0.25, -0.2) is 0 Å². The van der Waals surface area contributed by atoms with Gasteiger partial charge in [-0.05, 0) is 26.1 Å². The van der Waals surface area contributed by atoms with E-state index >= 15 is 0 Å². The monoisotopic (exact) mass is 311 g/mol. The molecule has 1 aromatic carbocycles. The number of carbonyl (C=O) groups excluding carboxylic acids is 1. The summed E-state index contributed by atoms with van der Waals surface area (Å²) in [7, 11) is 3.46. The number of hydrogen-bond donors (Lipinski definition) is 0. The highest BCUT2D eigenvalue weighted by molar-refractivity contribution is 7.19. The van der Waals surface area contributed by atoms with Crippen LogP contribution in [0.5, 0.6) is 0 Å². The van der Waals surface area contributed by atoms with Gasteiger partial charge in [-0.15, -0.1) is 11.3 Å². The van der Waals surface area contributed by atoms with E-state index in [-0.39, 0.29) is 5.97 Å². The Hall–Kier alpha value is -1.10. The number of esters is 1. The van der Waals surface area contributed by atoms with Crippen LogP contribution in [0, 0.1) is 0 Å². The third kappa shape index (κ3) is 3.72. The van der Waals surface area contributed by atoms with Gasteiger partial charge in [0, 0.05) is 27.9 Å². The van der Waals surface area contributed by atoms with Crippen LogP contribution in [-0.4, -0.2) is 31.6 Å². The SMILES string of the molecule is COC(=O)CCCN(C)Cc1sc2ccccc2c1Cl. The van der Waals surface area contributed by atoms with Crippen LogP contribution in [0.1, 0.15) is 17.7 Å². The molecule has 0 atom stereocenters. The molecule has 0 aliphatic rings. The molecule has 0 saturated carbocycles. The smallest absolute Gasteiger partial charge is 0.305 e. The van der Waals surface area contributed by atoms with E-state index in [0.717, 1.165) is 29.9 Å². The first-order valence-corrected chi connectivity index (χ1v) is 7.72. The van der Waals surface area contributed by atoms with Gasteiger partial charge in [0.2, 0.25) is 0 Å². The maximum absolute atomic E-state index is 11.1. The summed E-state index contributed by atoms with van der Waals surface area (Å²) in [6, 6.07) is 8.17. The van der Waals surface area contributed by atoms with Gasteiger partial charge in [0.15, 0.2) is 0 Å². The minimum atomic E-state index is -0.154. The Balaban J connectivity index is 1.94. The number of benzene rings is 1. The lowest BCUT2D eigenvalue weighted by Crippen LogP contribution is -2.19. The quantitative estimate of drug-likeness (QED) is 0.757. The van der Waals surface area contributed by atoms with Crippen LogP contribution >= 0.6 is 22.9 Å². The molecule has 5 heteroatoms. The Morgan fingerprint density at radius 3 is 2.85 bits per heavy atom. The van der Waals surface area contributed by atoms with Gasteiger partial charge >= 0.3 is 5.97 Å². The molecule has 1 aromatic heterocycles. The third-order valence-electron chi connectivity index (χ3n) is 3.16. The summed E-state index contributed by atoms with van der Waals surface area (Å²) in [6.45, 7) is 1.65. The third-order valence-corrected chi connectivity index (χ3v) is 4.86. The molecule has 0 unspecified atom stereocenters. The largest absolute Gasteiger partial charge is 0.469 e. The summed E-state index contributed by atoms with van der Waals surface area (Å²) in [6.07, 6.45) is 1.26. The Kier molecular flexibility index (Phi) is 5.40. The molecule has 0 N–H and O–H groups in total. The molecule has 0 aliphatic carbocycles. The van der Waals surface area contributed by atoms with Crippen molar-refractivity contribution < 1.29 is 9.53 Å². The highest BCUT2D eigenvalue weighted by atomic mass is 35.5. The number of methoxy groups -OCH3 is 1. The molecule has 20 heavy (non-hydrogen) atoms. The van der Waals surface area contributed by atoms with E-state index in [9.17, 15) is 4.79 Å². The fourth-order valence-corrected chi connectivity index (χ4v) is 3.66. The van der Waals surface area contributed by atoms with Gasteiger partial charge < -0.3 is 9.64 Å². The number of ether oxygens (including phenoxy) is 1. The lowest BCUT2D eigenvalue weighted by molar-refractivity contribution is -0.140. The van der Waals surface area contributed by atoms with Crippen LogP contribution < -0.4 is 0 Å². The van der Waals surface area contributed by atoms with Crippen LogP contribution in [0.4, 0.5) is 0 Å². The summed E-state index contributed by atoms with van der Waals surface area (Å²) in [5, 5.41) is 1.97. The molecular formula is C15H18ClNO2S. The molecule has 108 valence electrons. The van der Waals surface area contributed by atoms with Crippen molar-refractivity contribution in [3.8, 4) is 0 Å². The molecule has 0 spiro atoms. The second-order valence-electron chi connectivity index (χ2n) is 4.75. The lowest BCUT2D eigenvalue weighted by Gasteiger charge is -2.15. The molecule has 2 rings (SSSR count). The van der Waals surface area contributed by atoms with Crippen molar-refractivity contribution in [1.82, 2.24) is 4.90 Å². The molecular weight excluding hydrogens is 294 g/mol. The van der Waals surface area contributed by atoms with Crippen LogP contribution in [0.25, 0.3) is 10.1 Å². The Labute approximate surface area is 128 Å². The molecule has 2 aromatic rings. The van der Waals surface area contributed by atoms with Crippen LogP contribution in [-0.2, 0) is 16.1 Å². The van der Waals surface area contributed by atoms with Gasteiger partial charge in [0.25, 0.3) is 0 Å². The van der Waals surface area contributed by atoms with Crippen LogP contribution in [0.3, 0.4) is 0 Å². The summed E-state index contributed by atoms with van der Waals surface area (Å²) in [5.41, 5.74) is 0. The zero-order chi connectivity index (χ0) is 14.5. The van der Waals surface area contributed by atoms with E-state index in [2.05, 4.69) is 21.8 Å². The average molecular weight is 312 g/mol. The van der Waals surface area contributed by atoms with Crippen molar-refractivity contribution in [2.75, 3.05) is 20.7 Å². The molecule has 0 bridgehead atoms. The Morgan fingerprint density at radius 2 is 2.15 bits per heavy atom. The van der Waals surface area contributed by atoms with Crippen molar-refractivity contribution in [1.29, 1.82) is 0 Å². The molecule has 3 nitrogen and oxygen atoms in total. The van der Waals surface area contributed by atoms with Crippen molar-refractivity contribution in [2.45, 2.75) is 19.4 Å². The van der Waals surface area contributed by atoms with E-state index in [0.29, 0.717) is 6.42 Å². The number of rotatable bonds is 6. The first-order valence-electron chi connectivity index (χ1n) is 6.53. The van der Waals surface area contributed by atoms with Gasteiger partial charge in [-0.3, -0.25) is 4.79 Å². The number of thiophene rings is 1. The zero-order valence-electron chi connectivity index (χ0n) is 11.7. The second kappa shape index (κ2) is 7.07. The lowest BCUT2D eigenvalue weighted by atomic mass is 10.2. The molecule has 0 radical (unpaired) electrons. The number of carbonyl (C=O) groups is 1. The first-order chi connectivity index (χ1) is 9.61. The summed E-state index contributed by atoms with van der Waals surface area (Å²) < 4.78 is 5.85. The average Bonchev–Trinajstić information content (AvgIpc) is 2.75. The predicted octanol–water partition coefficient (Wildman–Crippen LogP) is 3.94. The van der Waals surface area contributed by atoms with Gasteiger partial charge in [-0.2, -0.15) is 0 Å². The minimum Gasteiger partial charge on any atom is -0.469 e. The Bertz CT molecular complexity index is 597. The van der Waals surface area contributed by atoms with Crippen LogP contribution in [0.2, 0.25) is 5.02 Å². The number of fused-ring (bicyclic) bond motifs is 1. The van der Waals surface area contributed by atoms with Crippen molar-refractivity contribution >= 4 is 39.0 Å². The fourth-order valence-electron chi connectivity index (χ4n) is 2.09. The highest BCUT2D eigenvalue weighted by Gasteiger charge is 2.12. The van der Waals surface area contributed by atoms with E-state index in [1.165, 1.54) is 16.7 Å². The van der Waals surface area contributed by atoms with Gasteiger partial charge in [-0.1, -0.05) is 29.8 Å². The van der Waals surface area contributed by atoms with Gasteiger partial charge in [0.05, 0.1) is 12.1 Å². The molecule has 0 fully saturated rings. The second-order valence-corrected chi connectivity index (χ2v) is 6.27. The molecule has 0 saturated heterocycles. The molecule has 0 aliphatic heterocycles. The highest BCUT2D eigenvalue weighted by Crippen LogP contribution is 2.35. The Morgan fingerprint density at radius 1 is 1.40 bits per heavy atom. The number of nitrogens with zero attached hydrogens (tertiary/aromatic N) is 1. The number of hydrogen-bond acceptors (Lipinski definition) is 4. The molecule has 0 amide bonds. The van der Waals surface area contributed by atoms with E-state index in [1.54, 1.807) is 11.3 Å². The predicted molar refractivity (Wildman–Crippen MR) is 84.4 cm³/mol. The fraction of sp³-hybridized carbons (Fsp3) is 0.400. The van der Waals surface area contributed by atoms with Gasteiger partial charge in [0.1, 0.15) is 0 Å². The van der Waals surface area contributed by atoms with Crippen LogP contribution in [0.15, 0.2) is 24.3 Å². The number of halogens is 1. The normalized spacial score (nSPS) is 11.2. The molecule has 1 heterocycles. The standard InChI is InChI=1S/C15H18ClNO2S/c1-17(9-5-8-14(18)19-2)10-13-15(16)11-6-3-4-7-12(11)20-13/h3-4,6-7H,5,8-10H2,1-2H3.